The molecule has 0 bridgehead atoms. The Hall–Kier alpha value is -2.94. The molecule has 1 saturated heterocycles. The molecule has 3 rings (SSSR count). The van der Waals surface area contributed by atoms with Crippen LogP contribution in [0, 0.1) is 0 Å². The summed E-state index contributed by atoms with van der Waals surface area (Å²) in [6, 6.07) is 7.70. The van der Waals surface area contributed by atoms with E-state index in [0.717, 1.165) is 0 Å². The molecule has 0 radical (unpaired) electrons. The van der Waals surface area contributed by atoms with Crippen molar-refractivity contribution in [2.75, 3.05) is 13.3 Å². The van der Waals surface area contributed by atoms with Crippen LogP contribution in [0.3, 0.4) is 0 Å². The zero-order valence-electron chi connectivity index (χ0n) is 19.2. The van der Waals surface area contributed by atoms with Crippen LogP contribution >= 0.6 is 0 Å². The third-order valence-corrected chi connectivity index (χ3v) is 4.94. The number of halogens is 1. The fraction of sp³-hybridized carbons (Fsp3) is 0.522. The van der Waals surface area contributed by atoms with Gasteiger partial charge in [-0.25, -0.2) is 14.0 Å². The average molecular weight is 448 g/mol. The highest BCUT2D eigenvalue weighted by molar-refractivity contribution is 5.88. The van der Waals surface area contributed by atoms with Crippen LogP contribution in [0.2, 0.25) is 0 Å². The van der Waals surface area contributed by atoms with Gasteiger partial charge in [-0.2, -0.15) is 0 Å². The molecule has 1 aromatic carbocycles. The maximum atomic E-state index is 14.1. The molecule has 2 aromatic rings. The smallest absolute Gasteiger partial charge is 0.413 e. The Morgan fingerprint density at radius 2 is 1.88 bits per heavy atom. The lowest BCUT2D eigenvalue weighted by molar-refractivity contribution is -0.0797. The largest absolute Gasteiger partial charge is 0.461 e. The minimum Gasteiger partial charge on any atom is -0.461 e. The summed E-state index contributed by atoms with van der Waals surface area (Å²) in [6.45, 7) is 9.84. The monoisotopic (exact) mass is 448 g/mol. The predicted octanol–water partition coefficient (Wildman–Crippen LogP) is 4.90. The molecule has 0 spiro atoms. The molecule has 1 amide bonds. The van der Waals surface area contributed by atoms with E-state index in [9.17, 15) is 14.0 Å². The second-order valence-electron chi connectivity index (χ2n) is 8.98. The van der Waals surface area contributed by atoms with Gasteiger partial charge in [0.15, 0.2) is 11.5 Å². The molecule has 9 heteroatoms. The number of ether oxygens (including phenoxy) is 3. The second-order valence-corrected chi connectivity index (χ2v) is 8.98. The van der Waals surface area contributed by atoms with Crippen LogP contribution in [0.25, 0.3) is 11.3 Å². The van der Waals surface area contributed by atoms with Gasteiger partial charge in [0.05, 0.1) is 12.6 Å². The Kier molecular flexibility index (Phi) is 6.59. The summed E-state index contributed by atoms with van der Waals surface area (Å²) in [5.74, 6) is -0.168. The third kappa shape index (κ3) is 4.93. The van der Waals surface area contributed by atoms with Crippen molar-refractivity contribution in [3.8, 4) is 11.3 Å². The number of aromatic nitrogens is 1. The van der Waals surface area contributed by atoms with E-state index in [1.165, 1.54) is 11.0 Å². The fourth-order valence-electron chi connectivity index (χ4n) is 3.64. The van der Waals surface area contributed by atoms with E-state index in [4.69, 9.17) is 18.7 Å². The van der Waals surface area contributed by atoms with Gasteiger partial charge >= 0.3 is 12.1 Å². The number of hydrogen-bond acceptors (Lipinski definition) is 7. The average Bonchev–Trinajstić information content (AvgIpc) is 3.29. The van der Waals surface area contributed by atoms with E-state index < -0.39 is 42.2 Å². The van der Waals surface area contributed by atoms with E-state index in [-0.39, 0.29) is 12.3 Å². The molecule has 1 aliphatic heterocycles. The number of rotatable bonds is 5. The van der Waals surface area contributed by atoms with E-state index in [0.29, 0.717) is 16.9 Å². The van der Waals surface area contributed by atoms with Crippen LogP contribution in [0.5, 0.6) is 0 Å². The van der Waals surface area contributed by atoms with Crippen molar-refractivity contribution in [1.29, 1.82) is 0 Å². The lowest BCUT2D eigenvalue weighted by Crippen LogP contribution is -2.50. The minimum atomic E-state index is -1.05. The standard InChI is InChI=1S/C23H29FN2O6/c1-7-29-20(27)16-12-18(32-25-16)14-8-10-15(11-9-14)19-17(13-24)26(23(5,6)30-19)21(28)31-22(2,3)4/h8-12,17,19H,7,13H2,1-6H3/t17-,19-/m1/s1. The number of hydrogen-bond donors (Lipinski definition) is 0. The summed E-state index contributed by atoms with van der Waals surface area (Å²) in [7, 11) is 0. The van der Waals surface area contributed by atoms with Gasteiger partial charge in [-0.1, -0.05) is 29.4 Å². The Balaban J connectivity index is 1.82. The summed E-state index contributed by atoms with van der Waals surface area (Å²) >= 11 is 0. The second kappa shape index (κ2) is 8.90. The Bertz CT molecular complexity index is 964. The van der Waals surface area contributed by atoms with Crippen molar-refractivity contribution < 1.29 is 32.7 Å². The van der Waals surface area contributed by atoms with E-state index >= 15 is 0 Å². The van der Waals surface area contributed by atoms with Gasteiger partial charge in [-0.3, -0.25) is 4.90 Å². The number of carbonyl (C=O) groups is 2. The number of nitrogens with zero attached hydrogens (tertiary/aromatic N) is 2. The van der Waals surface area contributed by atoms with Gasteiger partial charge in [0, 0.05) is 11.6 Å². The summed E-state index contributed by atoms with van der Waals surface area (Å²) in [6.07, 6.45) is -1.31. The maximum absolute atomic E-state index is 14.1. The molecule has 32 heavy (non-hydrogen) atoms. The van der Waals surface area contributed by atoms with Gasteiger partial charge in [-0.15, -0.1) is 0 Å². The summed E-state index contributed by atoms with van der Waals surface area (Å²) < 4.78 is 35.8. The third-order valence-electron chi connectivity index (χ3n) is 4.94. The zero-order valence-corrected chi connectivity index (χ0v) is 19.2. The first-order chi connectivity index (χ1) is 15.0. The van der Waals surface area contributed by atoms with Gasteiger partial charge in [-0.05, 0) is 47.1 Å². The van der Waals surface area contributed by atoms with Crippen LogP contribution in [0.1, 0.15) is 63.7 Å². The molecular weight excluding hydrogens is 419 g/mol. The van der Waals surface area contributed by atoms with Crippen molar-refractivity contribution in [1.82, 2.24) is 10.1 Å². The quantitative estimate of drug-likeness (QED) is 0.601. The van der Waals surface area contributed by atoms with Gasteiger partial charge in [0.2, 0.25) is 0 Å². The molecular formula is C23H29FN2O6. The molecule has 0 saturated carbocycles. The first kappa shape index (κ1) is 23.7. The predicted molar refractivity (Wildman–Crippen MR) is 114 cm³/mol. The van der Waals surface area contributed by atoms with Crippen LogP contribution in [-0.4, -0.2) is 52.8 Å². The SMILES string of the molecule is CCOC(=O)c1cc(-c2ccc([C@H]3OC(C)(C)N(C(=O)OC(C)(C)C)[C@@H]3CF)cc2)on1. The molecule has 1 aromatic heterocycles. The van der Waals surface area contributed by atoms with Crippen molar-refractivity contribution in [3.63, 3.8) is 0 Å². The van der Waals surface area contributed by atoms with Crippen LogP contribution in [-0.2, 0) is 14.2 Å². The lowest BCUT2D eigenvalue weighted by Gasteiger charge is -2.34. The first-order valence-electron chi connectivity index (χ1n) is 10.5. The Morgan fingerprint density at radius 3 is 2.44 bits per heavy atom. The minimum absolute atomic E-state index is 0.0808. The highest BCUT2D eigenvalue weighted by Gasteiger charge is 2.51. The molecule has 2 heterocycles. The van der Waals surface area contributed by atoms with Crippen molar-refractivity contribution in [2.45, 2.75) is 65.0 Å². The van der Waals surface area contributed by atoms with Gasteiger partial charge < -0.3 is 18.7 Å². The normalized spacial score (nSPS) is 20.3. The molecule has 0 unspecified atom stereocenters. The molecule has 1 fully saturated rings. The molecule has 1 aliphatic rings. The maximum Gasteiger partial charge on any atom is 0.413 e. The summed E-state index contributed by atoms with van der Waals surface area (Å²) in [5.41, 5.74) is -0.317. The van der Waals surface area contributed by atoms with Crippen molar-refractivity contribution in [2.24, 2.45) is 0 Å². The molecule has 2 atom stereocenters. The molecule has 0 aliphatic carbocycles. The molecule has 0 N–H and O–H groups in total. The van der Waals surface area contributed by atoms with E-state index in [2.05, 4.69) is 5.16 Å². The van der Waals surface area contributed by atoms with Gasteiger partial charge in [0.25, 0.3) is 0 Å². The summed E-state index contributed by atoms with van der Waals surface area (Å²) in [5, 5.41) is 3.73. The number of benzene rings is 1. The molecule has 174 valence electrons. The van der Waals surface area contributed by atoms with Crippen LogP contribution < -0.4 is 0 Å². The zero-order chi connectivity index (χ0) is 23.7. The lowest BCUT2D eigenvalue weighted by atomic mass is 10.0. The highest BCUT2D eigenvalue weighted by Crippen LogP contribution is 2.42. The topological polar surface area (TPSA) is 91.1 Å². The fourth-order valence-corrected chi connectivity index (χ4v) is 3.64. The number of amides is 1. The first-order valence-corrected chi connectivity index (χ1v) is 10.5. The van der Waals surface area contributed by atoms with E-state index in [1.54, 1.807) is 65.8 Å². The molecule has 8 nitrogen and oxygen atoms in total. The van der Waals surface area contributed by atoms with Crippen molar-refractivity contribution in [3.05, 3.63) is 41.6 Å². The number of esters is 1. The highest BCUT2D eigenvalue weighted by atomic mass is 19.1. The Labute approximate surface area is 186 Å². The number of alkyl halides is 1. The van der Waals surface area contributed by atoms with Gasteiger partial charge in [0.1, 0.15) is 24.1 Å². The van der Waals surface area contributed by atoms with Crippen LogP contribution in [0.15, 0.2) is 34.9 Å². The van der Waals surface area contributed by atoms with Crippen LogP contribution in [0.4, 0.5) is 9.18 Å². The Morgan fingerprint density at radius 1 is 1.22 bits per heavy atom. The summed E-state index contributed by atoms with van der Waals surface area (Å²) in [4.78, 5) is 25.9. The van der Waals surface area contributed by atoms with E-state index in [1.807, 2.05) is 0 Å². The number of carbonyl (C=O) groups excluding carboxylic acids is 2. The van der Waals surface area contributed by atoms with Crippen molar-refractivity contribution >= 4 is 12.1 Å².